The Morgan fingerprint density at radius 1 is 1.52 bits per heavy atom. The summed E-state index contributed by atoms with van der Waals surface area (Å²) in [6.45, 7) is 2.32. The Bertz CT molecular complexity index is 608. The van der Waals surface area contributed by atoms with E-state index in [4.69, 9.17) is 0 Å². The van der Waals surface area contributed by atoms with E-state index in [-0.39, 0.29) is 11.3 Å². The highest BCUT2D eigenvalue weighted by molar-refractivity contribution is 7.99. The summed E-state index contributed by atoms with van der Waals surface area (Å²) < 4.78 is 1.21. The lowest BCUT2D eigenvalue weighted by molar-refractivity contribution is -0.143. The van der Waals surface area contributed by atoms with Gasteiger partial charge in [-0.25, -0.2) is 9.48 Å². The predicted molar refractivity (Wildman–Crippen MR) is 78.6 cm³/mol. The molecule has 1 atom stereocenters. The Labute approximate surface area is 125 Å². The quantitative estimate of drug-likeness (QED) is 0.813. The second kappa shape index (κ2) is 6.30. The van der Waals surface area contributed by atoms with Gasteiger partial charge in [-0.05, 0) is 24.7 Å². The predicted octanol–water partition coefficient (Wildman–Crippen LogP) is 0.343. The zero-order valence-electron chi connectivity index (χ0n) is 11.7. The van der Waals surface area contributed by atoms with Crippen molar-refractivity contribution in [2.75, 3.05) is 11.5 Å². The van der Waals surface area contributed by atoms with Crippen LogP contribution in [0.3, 0.4) is 0 Å². The van der Waals surface area contributed by atoms with E-state index >= 15 is 0 Å². The third-order valence-corrected chi connectivity index (χ3v) is 4.51. The summed E-state index contributed by atoms with van der Waals surface area (Å²) in [5, 5.41) is 15.9. The van der Waals surface area contributed by atoms with Crippen molar-refractivity contribution in [1.82, 2.24) is 15.1 Å². The second-order valence-electron chi connectivity index (χ2n) is 4.92. The first-order valence-electron chi connectivity index (χ1n) is 6.70. The number of nitrogens with zero attached hydrogens (tertiary/aromatic N) is 2. The fourth-order valence-electron chi connectivity index (χ4n) is 2.11. The molecule has 2 N–H and O–H groups in total. The van der Waals surface area contributed by atoms with Gasteiger partial charge in [0.25, 0.3) is 11.5 Å². The van der Waals surface area contributed by atoms with Crippen molar-refractivity contribution in [2.45, 2.75) is 31.8 Å². The number of nitrogens with one attached hydrogen (secondary N) is 1. The van der Waals surface area contributed by atoms with E-state index in [0.717, 1.165) is 0 Å². The molecule has 0 saturated carbocycles. The number of hydrogen-bond donors (Lipinski definition) is 2. The number of aromatic nitrogens is 2. The molecule has 1 aromatic heterocycles. The number of amides is 1. The molecule has 21 heavy (non-hydrogen) atoms. The first kappa shape index (κ1) is 15.6. The van der Waals surface area contributed by atoms with Gasteiger partial charge in [-0.1, -0.05) is 6.92 Å². The van der Waals surface area contributed by atoms with Gasteiger partial charge in [-0.2, -0.15) is 16.9 Å². The van der Waals surface area contributed by atoms with Crippen molar-refractivity contribution in [2.24, 2.45) is 0 Å². The normalized spacial score (nSPS) is 21.2. The standard InChI is InChI=1S/C13H17N3O4S/c1-2-6-16-10(17)4-3-9(15-16)11(18)14-13(12(19)20)5-7-21-8-13/h3-4H,2,5-8H2,1H3,(H,14,18)(H,19,20)/t13-/m1/s1. The van der Waals surface area contributed by atoms with Crippen LogP contribution in [0.15, 0.2) is 16.9 Å². The highest BCUT2D eigenvalue weighted by Gasteiger charge is 2.43. The lowest BCUT2D eigenvalue weighted by Gasteiger charge is -2.24. The molecule has 1 amide bonds. The van der Waals surface area contributed by atoms with Crippen LogP contribution in [0.5, 0.6) is 0 Å². The molecule has 7 nitrogen and oxygen atoms in total. The first-order valence-corrected chi connectivity index (χ1v) is 7.86. The van der Waals surface area contributed by atoms with Crippen molar-refractivity contribution < 1.29 is 14.7 Å². The van der Waals surface area contributed by atoms with E-state index in [1.807, 2.05) is 6.92 Å². The number of carboxylic acids is 1. The topological polar surface area (TPSA) is 101 Å². The molecule has 114 valence electrons. The number of carbonyl (C=O) groups is 2. The molecule has 0 aliphatic carbocycles. The Morgan fingerprint density at radius 2 is 2.29 bits per heavy atom. The van der Waals surface area contributed by atoms with Crippen molar-refractivity contribution in [3.05, 3.63) is 28.2 Å². The summed E-state index contributed by atoms with van der Waals surface area (Å²) in [5.74, 6) is -0.578. The molecular formula is C13H17N3O4S. The second-order valence-corrected chi connectivity index (χ2v) is 6.03. The lowest BCUT2D eigenvalue weighted by Crippen LogP contribution is -2.55. The van der Waals surface area contributed by atoms with Gasteiger partial charge in [-0.3, -0.25) is 9.59 Å². The monoisotopic (exact) mass is 311 g/mol. The molecule has 0 aromatic carbocycles. The van der Waals surface area contributed by atoms with Gasteiger partial charge in [0.15, 0.2) is 0 Å². The number of thioether (sulfide) groups is 1. The van der Waals surface area contributed by atoms with E-state index in [1.54, 1.807) is 0 Å². The molecule has 8 heteroatoms. The van der Waals surface area contributed by atoms with E-state index in [9.17, 15) is 19.5 Å². The Morgan fingerprint density at radius 3 is 2.86 bits per heavy atom. The van der Waals surface area contributed by atoms with Crippen molar-refractivity contribution >= 4 is 23.6 Å². The molecule has 1 aromatic rings. The van der Waals surface area contributed by atoms with Crippen LogP contribution in [-0.4, -0.2) is 43.8 Å². The number of hydrogen-bond acceptors (Lipinski definition) is 5. The van der Waals surface area contributed by atoms with E-state index in [0.29, 0.717) is 30.9 Å². The minimum Gasteiger partial charge on any atom is -0.479 e. The molecule has 1 aliphatic heterocycles. The zero-order valence-corrected chi connectivity index (χ0v) is 12.5. The van der Waals surface area contributed by atoms with E-state index < -0.39 is 17.4 Å². The van der Waals surface area contributed by atoms with Crippen LogP contribution in [0, 0.1) is 0 Å². The van der Waals surface area contributed by atoms with Gasteiger partial charge < -0.3 is 10.4 Å². The van der Waals surface area contributed by atoms with Gasteiger partial charge >= 0.3 is 5.97 Å². The maximum Gasteiger partial charge on any atom is 0.330 e. The highest BCUT2D eigenvalue weighted by atomic mass is 32.2. The maximum absolute atomic E-state index is 12.2. The number of aryl methyl sites for hydroxylation is 1. The van der Waals surface area contributed by atoms with Crippen LogP contribution in [0.2, 0.25) is 0 Å². The number of carbonyl (C=O) groups excluding carboxylic acids is 1. The SMILES string of the molecule is CCCn1nc(C(=O)N[C@]2(C(=O)O)CCSC2)ccc1=O. The average Bonchev–Trinajstić information content (AvgIpc) is 2.91. The van der Waals surface area contributed by atoms with Gasteiger partial charge in [-0.15, -0.1) is 0 Å². The van der Waals surface area contributed by atoms with E-state index in [1.165, 1.54) is 28.6 Å². The van der Waals surface area contributed by atoms with Crippen LogP contribution in [0.1, 0.15) is 30.3 Å². The summed E-state index contributed by atoms with van der Waals surface area (Å²) in [7, 11) is 0. The largest absolute Gasteiger partial charge is 0.479 e. The minimum atomic E-state index is -1.24. The van der Waals surface area contributed by atoms with Crippen molar-refractivity contribution in [3.8, 4) is 0 Å². The Balaban J connectivity index is 2.22. The Hall–Kier alpha value is -1.83. The smallest absolute Gasteiger partial charge is 0.330 e. The molecule has 1 fully saturated rings. The first-order chi connectivity index (χ1) is 9.98. The number of aliphatic carboxylic acids is 1. The van der Waals surface area contributed by atoms with Crippen molar-refractivity contribution in [1.29, 1.82) is 0 Å². The summed E-state index contributed by atoms with van der Waals surface area (Å²) in [6.07, 6.45) is 1.10. The Kier molecular flexibility index (Phi) is 4.66. The molecule has 0 bridgehead atoms. The van der Waals surface area contributed by atoms with Crippen LogP contribution < -0.4 is 10.9 Å². The summed E-state index contributed by atoms with van der Waals surface area (Å²) >= 11 is 1.49. The van der Waals surface area contributed by atoms with Gasteiger partial charge in [0.05, 0.1) is 0 Å². The van der Waals surface area contributed by atoms with Crippen molar-refractivity contribution in [3.63, 3.8) is 0 Å². The third-order valence-electron chi connectivity index (χ3n) is 3.32. The molecular weight excluding hydrogens is 294 g/mol. The molecule has 0 radical (unpaired) electrons. The molecule has 1 saturated heterocycles. The van der Waals surface area contributed by atoms with E-state index in [2.05, 4.69) is 10.4 Å². The summed E-state index contributed by atoms with van der Waals surface area (Å²) in [4.78, 5) is 35.2. The fraction of sp³-hybridized carbons (Fsp3) is 0.538. The lowest BCUT2D eigenvalue weighted by atomic mass is 9.99. The average molecular weight is 311 g/mol. The van der Waals surface area contributed by atoms with Crippen LogP contribution in [0.25, 0.3) is 0 Å². The van der Waals surface area contributed by atoms with Gasteiger partial charge in [0, 0.05) is 18.4 Å². The molecule has 0 unspecified atom stereocenters. The zero-order chi connectivity index (χ0) is 15.5. The highest BCUT2D eigenvalue weighted by Crippen LogP contribution is 2.28. The fourth-order valence-corrected chi connectivity index (χ4v) is 3.43. The van der Waals surface area contributed by atoms with Gasteiger partial charge in [0.2, 0.25) is 0 Å². The molecule has 0 spiro atoms. The third kappa shape index (κ3) is 3.26. The molecule has 2 rings (SSSR count). The van der Waals surface area contributed by atoms with Crippen LogP contribution in [-0.2, 0) is 11.3 Å². The maximum atomic E-state index is 12.2. The van der Waals surface area contributed by atoms with Gasteiger partial charge in [0.1, 0.15) is 11.2 Å². The number of rotatable bonds is 5. The minimum absolute atomic E-state index is 0.0561. The number of carboxylic acid groups (broad SMARTS) is 1. The van der Waals surface area contributed by atoms with Crippen LogP contribution in [0.4, 0.5) is 0 Å². The summed E-state index contributed by atoms with van der Waals surface area (Å²) in [5.41, 5.74) is -1.46. The molecule has 1 aliphatic rings. The van der Waals surface area contributed by atoms with Crippen LogP contribution >= 0.6 is 11.8 Å². The summed E-state index contributed by atoms with van der Waals surface area (Å²) in [6, 6.07) is 2.59. The molecule has 2 heterocycles.